The number of carbonyl (C=O) groups is 3. The van der Waals surface area contributed by atoms with Crippen LogP contribution in [-0.2, 0) is 38.7 Å². The molecule has 1 fully saturated rings. The number of methoxy groups -OCH3 is 2. The van der Waals surface area contributed by atoms with Crippen molar-refractivity contribution in [1.29, 1.82) is 0 Å². The zero-order valence-electron chi connectivity index (χ0n) is 17.5. The van der Waals surface area contributed by atoms with Gasteiger partial charge in [-0.3, -0.25) is 14.4 Å². The van der Waals surface area contributed by atoms with Gasteiger partial charge in [-0.25, -0.2) is 13.2 Å². The molecule has 168 valence electrons. The lowest BCUT2D eigenvalue weighted by Gasteiger charge is -2.32. The fourth-order valence-corrected chi connectivity index (χ4v) is 4.27. The Bertz CT molecular complexity index is 664. The van der Waals surface area contributed by atoms with Crippen LogP contribution in [-0.4, -0.2) is 88.1 Å². The van der Waals surface area contributed by atoms with E-state index >= 15 is 0 Å². The summed E-state index contributed by atoms with van der Waals surface area (Å²) in [5, 5.41) is 0.347. The second kappa shape index (κ2) is 10.9. The second-order valence-corrected chi connectivity index (χ2v) is 9.57. The Hall–Kier alpha value is -1.76. The molecule has 1 atom stereocenters. The molecule has 0 N–H and O–H groups in total. The van der Waals surface area contributed by atoms with E-state index in [4.69, 9.17) is 19.0 Å². The Balaban J connectivity index is 2.89. The Morgan fingerprint density at radius 3 is 1.97 bits per heavy atom. The van der Waals surface area contributed by atoms with E-state index in [0.717, 1.165) is 0 Å². The van der Waals surface area contributed by atoms with Crippen LogP contribution in [0, 0.1) is 5.41 Å². The van der Waals surface area contributed by atoms with E-state index in [1.807, 2.05) is 0 Å². The predicted octanol–water partition coefficient (Wildman–Crippen LogP) is 0.543. The summed E-state index contributed by atoms with van der Waals surface area (Å²) in [7, 11) is -0.936. The zero-order chi connectivity index (χ0) is 22.2. The van der Waals surface area contributed by atoms with Gasteiger partial charge in [-0.1, -0.05) is 25.8 Å². The third-order valence-electron chi connectivity index (χ3n) is 4.22. The fraction of sp³-hybridized carbons (Fsp3) is 0.824. The minimum Gasteiger partial charge on any atom is -0.428 e. The largest absolute Gasteiger partial charge is 0.534 e. The molecule has 1 saturated heterocycles. The number of hydroxylamine groups is 2. The van der Waals surface area contributed by atoms with E-state index in [9.17, 15) is 22.8 Å². The predicted molar refractivity (Wildman–Crippen MR) is 101 cm³/mol. The van der Waals surface area contributed by atoms with Crippen molar-refractivity contribution in [2.45, 2.75) is 39.7 Å². The number of hydrogen-bond donors (Lipinski definition) is 0. The van der Waals surface area contributed by atoms with Crippen molar-refractivity contribution in [2.24, 2.45) is 5.41 Å². The SMILES string of the molecule is COCCN(CCOC)S(=O)(=O)CC(OC(=O)ON1C(=O)CCC1=O)C(C)(C)C. The Labute approximate surface area is 171 Å². The van der Waals surface area contributed by atoms with Crippen LogP contribution in [0.2, 0.25) is 0 Å². The fourth-order valence-electron chi connectivity index (χ4n) is 2.40. The highest BCUT2D eigenvalue weighted by Gasteiger charge is 2.38. The number of nitrogens with zero attached hydrogens (tertiary/aromatic N) is 2. The molecule has 2 amide bonds. The number of hydrogen-bond acceptors (Lipinski definition) is 9. The maximum Gasteiger partial charge on any atom is 0.534 e. The topological polar surface area (TPSA) is 129 Å². The minimum absolute atomic E-state index is 0.0584. The molecular weight excluding hydrogens is 408 g/mol. The standard InChI is InChI=1S/C17H30N2O9S/c1-17(2,3)13(27-16(22)28-19-14(20)6-7-15(19)21)12-29(23,24)18(8-10-25-4)9-11-26-5/h13H,6-12H2,1-5H3. The molecule has 11 nitrogen and oxygen atoms in total. The summed E-state index contributed by atoms with van der Waals surface area (Å²) >= 11 is 0. The summed E-state index contributed by atoms with van der Waals surface area (Å²) in [5.74, 6) is -1.82. The average molecular weight is 438 g/mol. The van der Waals surface area contributed by atoms with Crippen molar-refractivity contribution < 1.29 is 41.8 Å². The van der Waals surface area contributed by atoms with Crippen molar-refractivity contribution in [3.05, 3.63) is 0 Å². The van der Waals surface area contributed by atoms with Gasteiger partial charge < -0.3 is 14.2 Å². The summed E-state index contributed by atoms with van der Waals surface area (Å²) in [6, 6.07) is 0. The molecule has 1 aliphatic rings. The highest BCUT2D eigenvalue weighted by molar-refractivity contribution is 7.89. The van der Waals surface area contributed by atoms with Crippen LogP contribution in [0.15, 0.2) is 0 Å². The zero-order valence-corrected chi connectivity index (χ0v) is 18.3. The Morgan fingerprint density at radius 2 is 1.55 bits per heavy atom. The van der Waals surface area contributed by atoms with Gasteiger partial charge in [0.05, 0.1) is 13.2 Å². The molecule has 0 saturated carbocycles. The number of carbonyl (C=O) groups excluding carboxylic acids is 3. The lowest BCUT2D eigenvalue weighted by atomic mass is 9.90. The lowest BCUT2D eigenvalue weighted by molar-refractivity contribution is -0.179. The Morgan fingerprint density at radius 1 is 1.07 bits per heavy atom. The van der Waals surface area contributed by atoms with Gasteiger partial charge in [-0.2, -0.15) is 4.31 Å². The van der Waals surface area contributed by atoms with Crippen LogP contribution in [0.1, 0.15) is 33.6 Å². The minimum atomic E-state index is -3.85. The van der Waals surface area contributed by atoms with Crippen molar-refractivity contribution >= 4 is 28.0 Å². The van der Waals surface area contributed by atoms with Gasteiger partial charge in [0.1, 0.15) is 11.9 Å². The molecule has 12 heteroatoms. The highest BCUT2D eigenvalue weighted by atomic mass is 32.2. The average Bonchev–Trinajstić information content (AvgIpc) is 2.92. The summed E-state index contributed by atoms with van der Waals surface area (Å²) in [6.45, 7) is 5.68. The summed E-state index contributed by atoms with van der Waals surface area (Å²) in [6.07, 6.45) is -2.53. The molecule has 0 spiro atoms. The first-order valence-corrected chi connectivity index (χ1v) is 10.7. The van der Waals surface area contributed by atoms with Gasteiger partial charge in [-0.05, 0) is 0 Å². The molecule has 0 radical (unpaired) electrons. The van der Waals surface area contributed by atoms with Crippen molar-refractivity contribution in [3.63, 3.8) is 0 Å². The van der Waals surface area contributed by atoms with Crippen molar-refractivity contribution in [3.8, 4) is 0 Å². The van der Waals surface area contributed by atoms with E-state index in [1.165, 1.54) is 18.5 Å². The second-order valence-electron chi connectivity index (χ2n) is 7.56. The van der Waals surface area contributed by atoms with Crippen molar-refractivity contribution in [1.82, 2.24) is 9.37 Å². The number of amides is 2. The van der Waals surface area contributed by atoms with E-state index in [1.54, 1.807) is 20.8 Å². The van der Waals surface area contributed by atoms with E-state index in [0.29, 0.717) is 5.06 Å². The molecule has 1 unspecified atom stereocenters. The molecule has 0 aromatic rings. The third kappa shape index (κ3) is 7.88. The van der Waals surface area contributed by atoms with Gasteiger partial charge in [-0.15, -0.1) is 0 Å². The van der Waals surface area contributed by atoms with Crippen LogP contribution in [0.25, 0.3) is 0 Å². The van der Waals surface area contributed by atoms with Gasteiger partial charge in [0, 0.05) is 45.6 Å². The third-order valence-corrected chi connectivity index (χ3v) is 6.10. The van der Waals surface area contributed by atoms with Gasteiger partial charge in [0.2, 0.25) is 10.0 Å². The first-order valence-electron chi connectivity index (χ1n) is 9.12. The van der Waals surface area contributed by atoms with E-state index in [-0.39, 0.29) is 39.1 Å². The monoisotopic (exact) mass is 438 g/mol. The van der Waals surface area contributed by atoms with Crippen LogP contribution in [0.3, 0.4) is 0 Å². The molecule has 1 rings (SSSR count). The smallest absolute Gasteiger partial charge is 0.428 e. The molecule has 1 aliphatic heterocycles. The molecule has 0 aliphatic carbocycles. The molecule has 29 heavy (non-hydrogen) atoms. The number of ether oxygens (including phenoxy) is 3. The van der Waals surface area contributed by atoms with Crippen molar-refractivity contribution in [2.75, 3.05) is 46.3 Å². The molecule has 1 heterocycles. The number of sulfonamides is 1. The molecular formula is C17H30N2O9S. The van der Waals surface area contributed by atoms with Gasteiger partial charge >= 0.3 is 6.16 Å². The molecule has 0 aromatic carbocycles. The quantitative estimate of drug-likeness (QED) is 0.335. The number of rotatable bonds is 11. The lowest BCUT2D eigenvalue weighted by Crippen LogP contribution is -2.45. The molecule has 0 bridgehead atoms. The normalized spacial score (nSPS) is 16.4. The molecule has 0 aromatic heterocycles. The van der Waals surface area contributed by atoms with Crippen LogP contribution in [0.5, 0.6) is 0 Å². The van der Waals surface area contributed by atoms with E-state index in [2.05, 4.69) is 0 Å². The summed E-state index contributed by atoms with van der Waals surface area (Å²) in [4.78, 5) is 39.9. The Kier molecular flexibility index (Phi) is 9.46. The summed E-state index contributed by atoms with van der Waals surface area (Å²) in [5.41, 5.74) is -0.765. The maximum atomic E-state index is 12.9. The number of imide groups is 1. The van der Waals surface area contributed by atoms with Gasteiger partial charge in [0.15, 0.2) is 0 Å². The van der Waals surface area contributed by atoms with Gasteiger partial charge in [0.25, 0.3) is 11.8 Å². The summed E-state index contributed by atoms with van der Waals surface area (Å²) < 4.78 is 42.1. The first-order chi connectivity index (χ1) is 13.4. The van der Waals surface area contributed by atoms with Crippen LogP contribution >= 0.6 is 0 Å². The van der Waals surface area contributed by atoms with Crippen LogP contribution in [0.4, 0.5) is 4.79 Å². The first kappa shape index (κ1) is 25.3. The highest BCUT2D eigenvalue weighted by Crippen LogP contribution is 2.26. The van der Waals surface area contributed by atoms with Crippen LogP contribution < -0.4 is 0 Å². The maximum absolute atomic E-state index is 12.9. The van der Waals surface area contributed by atoms with E-state index < -0.39 is 45.3 Å².